The lowest BCUT2D eigenvalue weighted by Gasteiger charge is -2.36. The Morgan fingerprint density at radius 1 is 1.48 bits per heavy atom. The third-order valence-corrected chi connectivity index (χ3v) is 4.64. The fraction of sp³-hybridized carbons (Fsp3) is 0.714. The van der Waals surface area contributed by atoms with E-state index in [0.29, 0.717) is 5.57 Å². The number of carbonyl (C=O) groups is 2. The molecule has 5 atom stereocenters. The average molecular weight is 296 g/mol. The molecule has 3 rings (SSSR count). The molecule has 2 amide bonds. The van der Waals surface area contributed by atoms with Gasteiger partial charge in [0.25, 0.3) is 12.2 Å². The monoisotopic (exact) mass is 296 g/mol. The van der Waals surface area contributed by atoms with Crippen molar-refractivity contribution in [1.29, 1.82) is 0 Å². The number of nitrogens with zero attached hydrogens (tertiary/aromatic N) is 1. The average Bonchev–Trinajstić information content (AvgIpc) is 3.00. The minimum Gasteiger partial charge on any atom is -0.461 e. The molecule has 2 heterocycles. The molecule has 0 radical (unpaired) electrons. The highest BCUT2D eigenvalue weighted by Gasteiger charge is 2.70. The van der Waals surface area contributed by atoms with Crippen molar-refractivity contribution >= 4 is 12.0 Å². The van der Waals surface area contributed by atoms with Gasteiger partial charge in [0.05, 0.1) is 23.9 Å². The van der Waals surface area contributed by atoms with E-state index in [1.807, 2.05) is 6.92 Å². The number of nitrogens with one attached hydrogen (secondary N) is 1. The van der Waals surface area contributed by atoms with Crippen molar-refractivity contribution in [3.8, 4) is 0 Å². The summed E-state index contributed by atoms with van der Waals surface area (Å²) in [4.78, 5) is 25.3. The first kappa shape index (κ1) is 14.2. The molecular weight excluding hydrogens is 276 g/mol. The standard InChI is InChI=1S/C14H20N2O5/c1-14-9(21-14)5-7-8(11(17)16(3)4)6-19-12(10(7)14)20-13(18)15-2/h6-7,9-10,12H,5H2,1-4H3,(H,15,18)/t7-,9+,10+,12+,14+/m1/s1. The lowest BCUT2D eigenvalue weighted by molar-refractivity contribution is -0.144. The van der Waals surface area contributed by atoms with Gasteiger partial charge >= 0.3 is 6.09 Å². The highest BCUT2D eigenvalue weighted by atomic mass is 16.7. The number of alkyl carbamates (subject to hydrolysis) is 1. The molecule has 0 unspecified atom stereocenters. The van der Waals surface area contributed by atoms with Crippen LogP contribution in [0.3, 0.4) is 0 Å². The SMILES string of the molecule is CNC(=O)O[C@@H]1OC=C(C(=O)N(C)C)[C@H]2C[C@@H]3O[C@]3(C)[C@H]12. The van der Waals surface area contributed by atoms with Gasteiger partial charge in [0.2, 0.25) is 0 Å². The van der Waals surface area contributed by atoms with Gasteiger partial charge in [-0.05, 0) is 13.3 Å². The largest absolute Gasteiger partial charge is 0.461 e. The van der Waals surface area contributed by atoms with Gasteiger partial charge in [0.15, 0.2) is 0 Å². The quantitative estimate of drug-likeness (QED) is 0.749. The summed E-state index contributed by atoms with van der Waals surface area (Å²) in [7, 11) is 4.91. The summed E-state index contributed by atoms with van der Waals surface area (Å²) in [6, 6.07) is 0. The van der Waals surface area contributed by atoms with Crippen LogP contribution in [0.2, 0.25) is 0 Å². The molecule has 2 fully saturated rings. The van der Waals surface area contributed by atoms with E-state index in [4.69, 9.17) is 14.2 Å². The first-order chi connectivity index (χ1) is 9.88. The van der Waals surface area contributed by atoms with E-state index in [1.54, 1.807) is 14.1 Å². The molecule has 0 aromatic carbocycles. The maximum absolute atomic E-state index is 12.3. The molecule has 0 spiro atoms. The molecule has 0 bridgehead atoms. The maximum Gasteiger partial charge on any atom is 0.409 e. The molecular formula is C14H20N2O5. The first-order valence-electron chi connectivity index (χ1n) is 7.02. The number of hydrogen-bond donors (Lipinski definition) is 1. The fourth-order valence-electron chi connectivity index (χ4n) is 3.45. The zero-order valence-electron chi connectivity index (χ0n) is 12.6. The molecule has 1 saturated carbocycles. The minimum absolute atomic E-state index is 0.00736. The number of likely N-dealkylation sites (N-methyl/N-ethyl adjacent to an activating group) is 1. The zero-order chi connectivity index (χ0) is 15.4. The van der Waals surface area contributed by atoms with Crippen molar-refractivity contribution in [3.05, 3.63) is 11.8 Å². The number of amides is 2. The van der Waals surface area contributed by atoms with Crippen LogP contribution in [0.1, 0.15) is 13.3 Å². The molecule has 7 nitrogen and oxygen atoms in total. The van der Waals surface area contributed by atoms with Gasteiger partial charge in [0.1, 0.15) is 5.60 Å². The smallest absolute Gasteiger partial charge is 0.409 e. The van der Waals surface area contributed by atoms with Crippen LogP contribution in [0.25, 0.3) is 0 Å². The molecule has 1 saturated heterocycles. The van der Waals surface area contributed by atoms with Crippen molar-refractivity contribution in [1.82, 2.24) is 10.2 Å². The van der Waals surface area contributed by atoms with Gasteiger partial charge in [-0.1, -0.05) is 0 Å². The second-order valence-corrected chi connectivity index (χ2v) is 6.09. The summed E-state index contributed by atoms with van der Waals surface area (Å²) >= 11 is 0. The summed E-state index contributed by atoms with van der Waals surface area (Å²) in [5, 5.41) is 2.41. The highest BCUT2D eigenvalue weighted by molar-refractivity contribution is 5.93. The lowest BCUT2D eigenvalue weighted by Crippen LogP contribution is -2.45. The van der Waals surface area contributed by atoms with Gasteiger partial charge in [-0.3, -0.25) is 4.79 Å². The Kier molecular flexibility index (Phi) is 3.12. The predicted octanol–water partition coefficient (Wildman–Crippen LogP) is 0.464. The van der Waals surface area contributed by atoms with E-state index < -0.39 is 12.4 Å². The Hall–Kier alpha value is -1.76. The lowest BCUT2D eigenvalue weighted by atomic mass is 9.81. The van der Waals surface area contributed by atoms with Crippen LogP contribution in [0.4, 0.5) is 4.79 Å². The molecule has 0 aromatic rings. The van der Waals surface area contributed by atoms with Gasteiger partial charge < -0.3 is 24.4 Å². The summed E-state index contributed by atoms with van der Waals surface area (Å²) < 4.78 is 16.5. The summed E-state index contributed by atoms with van der Waals surface area (Å²) in [6.45, 7) is 1.98. The number of ether oxygens (including phenoxy) is 3. The van der Waals surface area contributed by atoms with Crippen molar-refractivity contribution in [2.75, 3.05) is 21.1 Å². The van der Waals surface area contributed by atoms with Crippen LogP contribution in [-0.4, -0.2) is 56.0 Å². The third-order valence-electron chi connectivity index (χ3n) is 4.64. The van der Waals surface area contributed by atoms with Crippen LogP contribution in [-0.2, 0) is 19.0 Å². The van der Waals surface area contributed by atoms with Crippen LogP contribution in [0.15, 0.2) is 11.8 Å². The van der Waals surface area contributed by atoms with Gasteiger partial charge in [-0.2, -0.15) is 0 Å². The summed E-state index contributed by atoms with van der Waals surface area (Å²) in [5.74, 6) is -0.246. The van der Waals surface area contributed by atoms with Crippen LogP contribution in [0.5, 0.6) is 0 Å². The van der Waals surface area contributed by atoms with Crippen LogP contribution in [0, 0.1) is 11.8 Å². The fourth-order valence-corrected chi connectivity index (χ4v) is 3.45. The van der Waals surface area contributed by atoms with Crippen LogP contribution < -0.4 is 5.32 Å². The molecule has 7 heteroatoms. The zero-order valence-corrected chi connectivity index (χ0v) is 12.6. The van der Waals surface area contributed by atoms with Gasteiger partial charge in [-0.15, -0.1) is 0 Å². The number of rotatable bonds is 2. The van der Waals surface area contributed by atoms with Crippen molar-refractivity contribution in [2.45, 2.75) is 31.3 Å². The molecule has 0 aromatic heterocycles. The van der Waals surface area contributed by atoms with Crippen LogP contribution >= 0.6 is 0 Å². The second kappa shape index (κ2) is 4.62. The summed E-state index contributed by atoms with van der Waals surface area (Å²) in [6.07, 6.45) is 1.01. The number of carbonyl (C=O) groups excluding carboxylic acids is 2. The Labute approximate surface area is 123 Å². The molecule has 21 heavy (non-hydrogen) atoms. The molecule has 2 aliphatic heterocycles. The van der Waals surface area contributed by atoms with E-state index in [-0.39, 0.29) is 29.4 Å². The van der Waals surface area contributed by atoms with E-state index >= 15 is 0 Å². The third kappa shape index (κ3) is 2.07. The second-order valence-electron chi connectivity index (χ2n) is 6.09. The summed E-state index contributed by atoms with van der Waals surface area (Å²) in [5.41, 5.74) is 0.244. The number of epoxide rings is 1. The van der Waals surface area contributed by atoms with E-state index in [9.17, 15) is 9.59 Å². The molecule has 1 N–H and O–H groups in total. The Morgan fingerprint density at radius 3 is 2.81 bits per heavy atom. The Morgan fingerprint density at radius 2 is 2.19 bits per heavy atom. The maximum atomic E-state index is 12.3. The normalized spacial score (nSPS) is 39.3. The first-order valence-corrected chi connectivity index (χ1v) is 7.02. The van der Waals surface area contributed by atoms with Gasteiger partial charge in [-0.25, -0.2) is 4.79 Å². The Balaban J connectivity index is 1.87. The molecule has 116 valence electrons. The topological polar surface area (TPSA) is 80.4 Å². The van der Waals surface area contributed by atoms with Crippen molar-refractivity contribution in [3.63, 3.8) is 0 Å². The highest BCUT2D eigenvalue weighted by Crippen LogP contribution is 2.61. The van der Waals surface area contributed by atoms with E-state index in [0.717, 1.165) is 6.42 Å². The minimum atomic E-state index is -0.730. The van der Waals surface area contributed by atoms with Crippen molar-refractivity contribution in [2.24, 2.45) is 11.8 Å². The van der Waals surface area contributed by atoms with E-state index in [2.05, 4.69) is 5.32 Å². The number of hydrogen-bond acceptors (Lipinski definition) is 5. The number of fused-ring (bicyclic) bond motifs is 3. The molecule has 3 aliphatic rings. The van der Waals surface area contributed by atoms with E-state index in [1.165, 1.54) is 18.2 Å². The van der Waals surface area contributed by atoms with Crippen molar-refractivity contribution < 1.29 is 23.8 Å². The Bertz CT molecular complexity index is 517. The van der Waals surface area contributed by atoms with Gasteiger partial charge in [0, 0.05) is 27.1 Å². The molecule has 1 aliphatic carbocycles. The predicted molar refractivity (Wildman–Crippen MR) is 72.1 cm³/mol.